The van der Waals surface area contributed by atoms with E-state index in [0.29, 0.717) is 23.7 Å². The second kappa shape index (κ2) is 8.91. The van der Waals surface area contributed by atoms with Crippen LogP contribution in [0, 0.1) is 6.92 Å². The number of hydrogen-bond acceptors (Lipinski definition) is 6. The smallest absolute Gasteiger partial charge is 0.238 e. The first kappa shape index (κ1) is 20.1. The Labute approximate surface area is 157 Å². The summed E-state index contributed by atoms with van der Waals surface area (Å²) in [4.78, 5) is 24.2. The van der Waals surface area contributed by atoms with Gasteiger partial charge in [0.1, 0.15) is 5.76 Å². The van der Waals surface area contributed by atoms with Crippen molar-refractivity contribution >= 4 is 41.8 Å². The van der Waals surface area contributed by atoms with Crippen molar-refractivity contribution < 1.29 is 14.1 Å². The number of carbonyl (C=O) groups excluding carboxylic acids is 2. The Morgan fingerprint density at radius 2 is 2.08 bits per heavy atom. The summed E-state index contributed by atoms with van der Waals surface area (Å²) in [5.74, 6) is 1.15. The van der Waals surface area contributed by atoms with Crippen LogP contribution in [0.3, 0.4) is 0 Å². The molecule has 2 fully saturated rings. The molecule has 0 aromatic carbocycles. The summed E-state index contributed by atoms with van der Waals surface area (Å²) < 4.78 is 4.91. The number of thioether (sulfide) groups is 1. The van der Waals surface area contributed by atoms with Gasteiger partial charge < -0.3 is 20.5 Å². The SMILES string of the molecule is Cc1cc(NC(=O)C(C)SCC(=O)NC2CC3CCC(C2)N3)no1.Cl. The fourth-order valence-corrected chi connectivity index (χ4v) is 4.07. The van der Waals surface area contributed by atoms with Crippen LogP contribution in [-0.2, 0) is 9.59 Å². The third-order valence-corrected chi connectivity index (χ3v) is 5.69. The average molecular weight is 389 g/mol. The molecule has 0 radical (unpaired) electrons. The molecule has 3 heterocycles. The van der Waals surface area contributed by atoms with E-state index < -0.39 is 0 Å². The molecule has 3 atom stereocenters. The number of amides is 2. The number of aromatic nitrogens is 1. The van der Waals surface area contributed by atoms with Crippen molar-refractivity contribution in [3.63, 3.8) is 0 Å². The maximum atomic E-state index is 12.1. The summed E-state index contributed by atoms with van der Waals surface area (Å²) in [6.45, 7) is 3.54. The Morgan fingerprint density at radius 3 is 2.68 bits per heavy atom. The van der Waals surface area contributed by atoms with E-state index in [0.717, 1.165) is 12.8 Å². The minimum atomic E-state index is -0.336. The van der Waals surface area contributed by atoms with Crippen LogP contribution < -0.4 is 16.0 Å². The number of hydrogen-bond donors (Lipinski definition) is 3. The van der Waals surface area contributed by atoms with Gasteiger partial charge in [-0.15, -0.1) is 24.2 Å². The Balaban J connectivity index is 0.00000225. The van der Waals surface area contributed by atoms with Gasteiger partial charge in [-0.2, -0.15) is 0 Å². The number of aryl methyl sites for hydroxylation is 1. The maximum absolute atomic E-state index is 12.1. The van der Waals surface area contributed by atoms with Crippen LogP contribution in [0.4, 0.5) is 5.82 Å². The molecule has 2 bridgehead atoms. The lowest BCUT2D eigenvalue weighted by Gasteiger charge is -2.29. The number of nitrogens with zero attached hydrogens (tertiary/aromatic N) is 1. The lowest BCUT2D eigenvalue weighted by Crippen LogP contribution is -2.48. The zero-order valence-corrected chi connectivity index (χ0v) is 16.0. The van der Waals surface area contributed by atoms with Crippen LogP contribution in [0.5, 0.6) is 0 Å². The van der Waals surface area contributed by atoms with Crippen LogP contribution in [0.1, 0.15) is 38.4 Å². The van der Waals surface area contributed by atoms with Gasteiger partial charge in [0, 0.05) is 24.2 Å². The fourth-order valence-electron chi connectivity index (χ4n) is 3.37. The summed E-state index contributed by atoms with van der Waals surface area (Å²) in [6, 6.07) is 3.03. The first-order valence-electron chi connectivity index (χ1n) is 8.41. The number of fused-ring (bicyclic) bond motifs is 2. The van der Waals surface area contributed by atoms with Gasteiger partial charge in [0.2, 0.25) is 11.8 Å². The molecule has 2 aliphatic rings. The third kappa shape index (κ3) is 5.62. The average Bonchev–Trinajstić information content (AvgIpc) is 3.10. The van der Waals surface area contributed by atoms with Gasteiger partial charge in [0.15, 0.2) is 5.82 Å². The topological polar surface area (TPSA) is 96.3 Å². The van der Waals surface area contributed by atoms with E-state index >= 15 is 0 Å². The van der Waals surface area contributed by atoms with E-state index in [4.69, 9.17) is 4.52 Å². The molecule has 0 aliphatic carbocycles. The number of anilines is 1. The van der Waals surface area contributed by atoms with E-state index in [1.165, 1.54) is 24.6 Å². The van der Waals surface area contributed by atoms with Crippen LogP contribution >= 0.6 is 24.2 Å². The maximum Gasteiger partial charge on any atom is 0.238 e. The van der Waals surface area contributed by atoms with Crippen molar-refractivity contribution in [3.05, 3.63) is 11.8 Å². The molecule has 0 spiro atoms. The van der Waals surface area contributed by atoms with Crippen LogP contribution in [-0.4, -0.2) is 46.1 Å². The van der Waals surface area contributed by atoms with Gasteiger partial charge in [-0.05, 0) is 39.5 Å². The largest absolute Gasteiger partial charge is 0.360 e. The molecule has 3 N–H and O–H groups in total. The molecule has 1 aromatic heterocycles. The van der Waals surface area contributed by atoms with Gasteiger partial charge in [0.05, 0.1) is 11.0 Å². The number of rotatable bonds is 6. The summed E-state index contributed by atoms with van der Waals surface area (Å²) in [6.07, 6.45) is 4.44. The minimum Gasteiger partial charge on any atom is -0.360 e. The zero-order valence-electron chi connectivity index (χ0n) is 14.4. The van der Waals surface area contributed by atoms with Crippen LogP contribution in [0.15, 0.2) is 10.6 Å². The third-order valence-electron chi connectivity index (χ3n) is 4.55. The van der Waals surface area contributed by atoms with Gasteiger partial charge in [-0.25, -0.2) is 0 Å². The quantitative estimate of drug-likeness (QED) is 0.688. The normalized spacial score (nSPS) is 25.8. The molecule has 0 saturated carbocycles. The molecule has 2 aliphatic heterocycles. The van der Waals surface area contributed by atoms with E-state index in [2.05, 4.69) is 21.1 Å². The van der Waals surface area contributed by atoms with Crippen molar-refractivity contribution in [1.82, 2.24) is 15.8 Å². The summed E-state index contributed by atoms with van der Waals surface area (Å²) >= 11 is 1.33. The fraction of sp³-hybridized carbons (Fsp3) is 0.688. The number of carbonyl (C=O) groups is 2. The van der Waals surface area contributed by atoms with Gasteiger partial charge in [-0.1, -0.05) is 5.16 Å². The number of halogens is 1. The van der Waals surface area contributed by atoms with E-state index in [1.54, 1.807) is 19.9 Å². The first-order chi connectivity index (χ1) is 11.5. The standard InChI is InChI=1S/C16H24N4O3S.ClH/c1-9-5-14(20-23-9)19-16(22)10(2)24-8-15(21)18-13-6-11-3-4-12(7-13)17-11;/h5,10-13,17H,3-4,6-8H2,1-2H3,(H,18,21)(H,19,20,22);1H. The summed E-state index contributed by atoms with van der Waals surface area (Å²) in [5.41, 5.74) is 0. The van der Waals surface area contributed by atoms with E-state index in [1.807, 2.05) is 0 Å². The molecule has 3 unspecified atom stereocenters. The Morgan fingerprint density at radius 1 is 1.40 bits per heavy atom. The van der Waals surface area contributed by atoms with Crippen molar-refractivity contribution in [2.75, 3.05) is 11.1 Å². The zero-order chi connectivity index (χ0) is 17.1. The molecule has 2 amide bonds. The van der Waals surface area contributed by atoms with Crippen molar-refractivity contribution in [2.45, 2.75) is 62.9 Å². The molecular formula is C16H25ClN4O3S. The predicted octanol–water partition coefficient (Wildman–Crippen LogP) is 1.86. The van der Waals surface area contributed by atoms with E-state index in [9.17, 15) is 9.59 Å². The highest BCUT2D eigenvalue weighted by Crippen LogP contribution is 2.26. The highest BCUT2D eigenvalue weighted by atomic mass is 35.5. The molecule has 140 valence electrons. The van der Waals surface area contributed by atoms with Crippen LogP contribution in [0.2, 0.25) is 0 Å². The van der Waals surface area contributed by atoms with Gasteiger partial charge in [0.25, 0.3) is 0 Å². The van der Waals surface area contributed by atoms with E-state index in [-0.39, 0.29) is 41.3 Å². The lowest BCUT2D eigenvalue weighted by atomic mass is 10.00. The molecule has 7 nitrogen and oxygen atoms in total. The van der Waals surface area contributed by atoms with Gasteiger partial charge in [-0.3, -0.25) is 9.59 Å². The van der Waals surface area contributed by atoms with Gasteiger partial charge >= 0.3 is 0 Å². The molecule has 2 saturated heterocycles. The molecule has 3 rings (SSSR count). The Hall–Kier alpha value is -1.25. The monoisotopic (exact) mass is 388 g/mol. The van der Waals surface area contributed by atoms with Crippen molar-refractivity contribution in [1.29, 1.82) is 0 Å². The Kier molecular flexibility index (Phi) is 7.15. The highest BCUT2D eigenvalue weighted by molar-refractivity contribution is 8.01. The number of nitrogens with one attached hydrogen (secondary N) is 3. The second-order valence-corrected chi connectivity index (χ2v) is 7.97. The van der Waals surface area contributed by atoms with Crippen molar-refractivity contribution in [3.8, 4) is 0 Å². The lowest BCUT2D eigenvalue weighted by molar-refractivity contribution is -0.119. The second-order valence-electron chi connectivity index (χ2n) is 6.64. The summed E-state index contributed by atoms with van der Waals surface area (Å²) in [7, 11) is 0. The predicted molar refractivity (Wildman–Crippen MR) is 100 cm³/mol. The molecular weight excluding hydrogens is 364 g/mol. The highest BCUT2D eigenvalue weighted by Gasteiger charge is 2.34. The minimum absolute atomic E-state index is 0. The Bertz CT molecular complexity index is 600. The van der Waals surface area contributed by atoms with Crippen molar-refractivity contribution in [2.24, 2.45) is 0 Å². The number of piperidine rings is 1. The summed E-state index contributed by atoms with van der Waals surface area (Å²) in [5, 5.41) is 12.7. The molecule has 1 aromatic rings. The molecule has 25 heavy (non-hydrogen) atoms. The first-order valence-corrected chi connectivity index (χ1v) is 9.45. The van der Waals surface area contributed by atoms with Crippen LogP contribution in [0.25, 0.3) is 0 Å². The molecule has 9 heteroatoms.